The molecule has 0 bridgehead atoms. The van der Waals surface area contributed by atoms with Crippen molar-refractivity contribution in [3.05, 3.63) is 54.7 Å². The zero-order valence-corrected chi connectivity index (χ0v) is 13.7. The summed E-state index contributed by atoms with van der Waals surface area (Å²) in [6, 6.07) is 14.2. The summed E-state index contributed by atoms with van der Waals surface area (Å²) < 4.78 is 16.5. The van der Waals surface area contributed by atoms with Crippen LogP contribution in [0.15, 0.2) is 64.0 Å². The van der Waals surface area contributed by atoms with Crippen LogP contribution in [0.25, 0.3) is 10.9 Å². The Morgan fingerprint density at radius 3 is 2.74 bits per heavy atom. The summed E-state index contributed by atoms with van der Waals surface area (Å²) in [6.45, 7) is 0. The second-order valence-electron chi connectivity index (χ2n) is 5.20. The number of rotatable bonds is 3. The van der Waals surface area contributed by atoms with Crippen LogP contribution in [-0.2, 0) is 9.73 Å². The first-order valence-electron chi connectivity index (χ1n) is 7.05. The topological polar surface area (TPSA) is 74.6 Å². The summed E-state index contributed by atoms with van der Waals surface area (Å²) in [4.78, 5) is 5.00. The Balaban J connectivity index is 2.13. The zero-order valence-electron chi connectivity index (χ0n) is 12.9. The fourth-order valence-corrected chi connectivity index (χ4v) is 3.18. The minimum atomic E-state index is -2.41. The van der Waals surface area contributed by atoms with E-state index in [-0.39, 0.29) is 5.75 Å². The number of hydrogen-bond acceptors (Lipinski definition) is 5. The molecule has 1 heterocycles. The average Bonchev–Trinajstić information content (AvgIpc) is 2.55. The number of nitrogens with zero attached hydrogens (tertiary/aromatic N) is 2. The van der Waals surface area contributed by atoms with Gasteiger partial charge >= 0.3 is 0 Å². The van der Waals surface area contributed by atoms with Crippen LogP contribution in [0.2, 0.25) is 0 Å². The van der Waals surface area contributed by atoms with E-state index >= 15 is 0 Å². The summed E-state index contributed by atoms with van der Waals surface area (Å²) >= 11 is 0. The Morgan fingerprint density at radius 2 is 2.00 bits per heavy atom. The molecule has 23 heavy (non-hydrogen) atoms. The normalized spacial score (nSPS) is 13.5. The van der Waals surface area contributed by atoms with Crippen molar-refractivity contribution in [2.24, 2.45) is 4.36 Å². The molecular formula is C17H17N3O2S. The number of aromatic nitrogens is 1. The highest BCUT2D eigenvalue weighted by Crippen LogP contribution is 2.28. The molecule has 2 N–H and O–H groups in total. The summed E-state index contributed by atoms with van der Waals surface area (Å²) in [6.07, 6.45) is 3.33. The fraction of sp³-hybridized carbons (Fsp3) is 0.118. The van der Waals surface area contributed by atoms with Gasteiger partial charge in [0, 0.05) is 47.2 Å². The smallest absolute Gasteiger partial charge is 0.117 e. The number of nitrogens with one attached hydrogen (secondary N) is 1. The first-order chi connectivity index (χ1) is 11.0. The molecule has 6 heteroatoms. The maximum absolute atomic E-state index is 12.5. The second-order valence-corrected chi connectivity index (χ2v) is 7.64. The van der Waals surface area contributed by atoms with E-state index in [0.29, 0.717) is 4.90 Å². The van der Waals surface area contributed by atoms with Gasteiger partial charge in [-0.3, -0.25) is 4.98 Å². The SMILES string of the molecule is CN=S(C)(=O)c1ccc2nccc(Nc3cccc(O)c3)c2c1. The molecule has 1 atom stereocenters. The highest BCUT2D eigenvalue weighted by molar-refractivity contribution is 7.93. The van der Waals surface area contributed by atoms with Crippen LogP contribution in [0.4, 0.5) is 11.4 Å². The standard InChI is InChI=1S/C17H17N3O2S/c1-18-23(2,22)14-6-7-16-15(11-14)17(8-9-19-16)20-12-4-3-5-13(21)10-12/h3-11,21H,1-2H3,(H,19,20). The number of hydrogen-bond donors (Lipinski definition) is 2. The molecule has 0 aliphatic rings. The van der Waals surface area contributed by atoms with E-state index < -0.39 is 9.73 Å². The van der Waals surface area contributed by atoms with Crippen molar-refractivity contribution in [2.75, 3.05) is 18.6 Å². The van der Waals surface area contributed by atoms with E-state index in [0.717, 1.165) is 22.3 Å². The number of phenolic OH excluding ortho intramolecular Hbond substituents is 1. The van der Waals surface area contributed by atoms with Crippen molar-refractivity contribution in [2.45, 2.75) is 4.90 Å². The molecule has 0 aliphatic carbocycles. The number of benzene rings is 2. The highest BCUT2D eigenvalue weighted by Gasteiger charge is 2.09. The summed E-state index contributed by atoms with van der Waals surface area (Å²) in [5.74, 6) is 0.190. The second kappa shape index (κ2) is 5.89. The van der Waals surface area contributed by atoms with Gasteiger partial charge in [-0.1, -0.05) is 6.07 Å². The lowest BCUT2D eigenvalue weighted by atomic mass is 10.2. The van der Waals surface area contributed by atoms with Gasteiger partial charge in [0.25, 0.3) is 0 Å². The van der Waals surface area contributed by atoms with E-state index in [4.69, 9.17) is 0 Å². The van der Waals surface area contributed by atoms with E-state index in [1.165, 1.54) is 0 Å². The molecule has 0 saturated heterocycles. The number of anilines is 2. The van der Waals surface area contributed by atoms with Crippen molar-refractivity contribution in [3.63, 3.8) is 0 Å². The maximum atomic E-state index is 12.5. The monoisotopic (exact) mass is 327 g/mol. The minimum Gasteiger partial charge on any atom is -0.508 e. The quantitative estimate of drug-likeness (QED) is 0.768. The first kappa shape index (κ1) is 15.3. The van der Waals surface area contributed by atoms with Crippen LogP contribution >= 0.6 is 0 Å². The molecule has 0 fully saturated rings. The fourth-order valence-electron chi connectivity index (χ4n) is 2.31. The van der Waals surface area contributed by atoms with Crippen LogP contribution in [0.5, 0.6) is 5.75 Å². The van der Waals surface area contributed by atoms with Gasteiger partial charge in [-0.05, 0) is 36.4 Å². The molecule has 0 aliphatic heterocycles. The third-order valence-corrected chi connectivity index (χ3v) is 5.45. The molecule has 1 aromatic heterocycles. The largest absolute Gasteiger partial charge is 0.508 e. The Bertz CT molecular complexity index is 992. The number of phenols is 1. The molecule has 0 radical (unpaired) electrons. The molecule has 3 aromatic rings. The van der Waals surface area contributed by atoms with Gasteiger partial charge in [0.1, 0.15) is 5.75 Å². The number of fused-ring (bicyclic) bond motifs is 1. The van der Waals surface area contributed by atoms with E-state index in [1.807, 2.05) is 24.3 Å². The van der Waals surface area contributed by atoms with Gasteiger partial charge in [-0.15, -0.1) is 0 Å². The highest BCUT2D eigenvalue weighted by atomic mass is 32.2. The van der Waals surface area contributed by atoms with Crippen molar-refractivity contribution in [1.82, 2.24) is 4.98 Å². The van der Waals surface area contributed by atoms with Crippen LogP contribution in [0, 0.1) is 0 Å². The van der Waals surface area contributed by atoms with Crippen molar-refractivity contribution in [3.8, 4) is 5.75 Å². The van der Waals surface area contributed by atoms with Gasteiger partial charge in [0.2, 0.25) is 0 Å². The molecule has 2 aromatic carbocycles. The lowest BCUT2D eigenvalue weighted by molar-refractivity contribution is 0.475. The third-order valence-electron chi connectivity index (χ3n) is 3.62. The molecule has 118 valence electrons. The zero-order chi connectivity index (χ0) is 16.4. The maximum Gasteiger partial charge on any atom is 0.117 e. The Kier molecular flexibility index (Phi) is 3.92. The van der Waals surface area contributed by atoms with Crippen LogP contribution in [0.1, 0.15) is 0 Å². The van der Waals surface area contributed by atoms with Crippen LogP contribution in [0.3, 0.4) is 0 Å². The molecule has 0 saturated carbocycles. The molecule has 0 amide bonds. The van der Waals surface area contributed by atoms with Crippen LogP contribution < -0.4 is 5.32 Å². The number of aromatic hydroxyl groups is 1. The first-order valence-corrected chi connectivity index (χ1v) is 8.97. The summed E-state index contributed by atoms with van der Waals surface area (Å²) in [5, 5.41) is 13.7. The van der Waals surface area contributed by atoms with Gasteiger partial charge in [0.15, 0.2) is 0 Å². The lowest BCUT2D eigenvalue weighted by Crippen LogP contribution is -1.98. The Hall–Kier alpha value is -2.60. The predicted octanol–water partition coefficient (Wildman–Crippen LogP) is 3.77. The Morgan fingerprint density at radius 1 is 1.17 bits per heavy atom. The third kappa shape index (κ3) is 3.12. The number of pyridine rings is 1. The molecule has 1 unspecified atom stereocenters. The van der Waals surface area contributed by atoms with Gasteiger partial charge < -0.3 is 10.4 Å². The van der Waals surface area contributed by atoms with E-state index in [9.17, 15) is 9.32 Å². The van der Waals surface area contributed by atoms with Gasteiger partial charge in [-0.2, -0.15) is 0 Å². The molecular weight excluding hydrogens is 310 g/mol. The van der Waals surface area contributed by atoms with Crippen LogP contribution in [-0.4, -0.2) is 27.6 Å². The summed E-state index contributed by atoms with van der Waals surface area (Å²) in [7, 11) is -0.849. The lowest BCUT2D eigenvalue weighted by Gasteiger charge is -2.11. The van der Waals surface area contributed by atoms with Crippen molar-refractivity contribution >= 4 is 32.0 Å². The molecule has 3 rings (SSSR count). The average molecular weight is 327 g/mol. The van der Waals surface area contributed by atoms with Crippen molar-refractivity contribution < 1.29 is 9.32 Å². The van der Waals surface area contributed by atoms with Gasteiger partial charge in [0.05, 0.1) is 15.2 Å². The molecule has 5 nitrogen and oxygen atoms in total. The summed E-state index contributed by atoms with van der Waals surface area (Å²) in [5.41, 5.74) is 2.39. The van der Waals surface area contributed by atoms with E-state index in [2.05, 4.69) is 14.7 Å². The van der Waals surface area contributed by atoms with Crippen molar-refractivity contribution in [1.29, 1.82) is 0 Å². The van der Waals surface area contributed by atoms with E-state index in [1.54, 1.807) is 43.8 Å². The minimum absolute atomic E-state index is 0.190. The predicted molar refractivity (Wildman–Crippen MR) is 93.8 cm³/mol. The van der Waals surface area contributed by atoms with Gasteiger partial charge in [-0.25, -0.2) is 8.57 Å². The Labute approximate surface area is 135 Å². The molecule has 0 spiro atoms.